The molecule has 2 aliphatic rings. The minimum atomic E-state index is -0.756. The van der Waals surface area contributed by atoms with E-state index in [-0.39, 0.29) is 24.3 Å². The average Bonchev–Trinajstić information content (AvgIpc) is 3.38. The Morgan fingerprint density at radius 3 is 2.46 bits per heavy atom. The summed E-state index contributed by atoms with van der Waals surface area (Å²) < 4.78 is 0. The first kappa shape index (κ1) is 18.4. The van der Waals surface area contributed by atoms with Gasteiger partial charge in [0.15, 0.2) is 0 Å². The first-order valence-corrected chi connectivity index (χ1v) is 9.46. The maximum absolute atomic E-state index is 12.6. The van der Waals surface area contributed by atoms with Crippen LogP contribution in [0, 0.1) is 11.8 Å². The fraction of sp³-hybridized carbons (Fsp3) is 0.474. The van der Waals surface area contributed by atoms with Crippen molar-refractivity contribution in [3.63, 3.8) is 0 Å². The summed E-state index contributed by atoms with van der Waals surface area (Å²) in [6.07, 6.45) is 1.33. The van der Waals surface area contributed by atoms with Crippen molar-refractivity contribution < 1.29 is 14.7 Å². The number of aliphatic hydroxyl groups excluding tert-OH is 1. The molecule has 1 aromatic carbocycles. The van der Waals surface area contributed by atoms with Gasteiger partial charge in [-0.3, -0.25) is 14.6 Å². The van der Waals surface area contributed by atoms with Gasteiger partial charge in [-0.1, -0.05) is 24.3 Å². The summed E-state index contributed by atoms with van der Waals surface area (Å²) in [7, 11) is 0. The summed E-state index contributed by atoms with van der Waals surface area (Å²) in [5.74, 6) is -0.494. The Bertz CT molecular complexity index is 911. The number of aromatic nitrogens is 3. The van der Waals surface area contributed by atoms with Crippen LogP contribution in [0.2, 0.25) is 0 Å². The minimum Gasteiger partial charge on any atom is -0.391 e. The molecule has 0 radical (unpaired) electrons. The van der Waals surface area contributed by atoms with Crippen LogP contribution in [0.4, 0.5) is 0 Å². The predicted octanol–water partition coefficient (Wildman–Crippen LogP) is -0.615. The van der Waals surface area contributed by atoms with Crippen molar-refractivity contribution >= 4 is 11.8 Å². The fourth-order valence-corrected chi connectivity index (χ4v) is 4.13. The van der Waals surface area contributed by atoms with E-state index in [1.807, 2.05) is 24.3 Å². The Morgan fingerprint density at radius 2 is 1.82 bits per heavy atom. The summed E-state index contributed by atoms with van der Waals surface area (Å²) >= 11 is 0. The molecule has 5 N–H and O–H groups in total. The van der Waals surface area contributed by atoms with E-state index in [4.69, 9.17) is 0 Å². The maximum Gasteiger partial charge on any atom is 0.340 e. The minimum absolute atomic E-state index is 0.0737. The van der Waals surface area contributed by atoms with Gasteiger partial charge < -0.3 is 15.7 Å². The molecule has 0 aliphatic heterocycles. The quantitative estimate of drug-likeness (QED) is 0.467. The van der Waals surface area contributed by atoms with Crippen LogP contribution in [0.15, 0.2) is 29.1 Å². The van der Waals surface area contributed by atoms with Crippen molar-refractivity contribution in [3.8, 4) is 0 Å². The SMILES string of the molecule is O=C(N[C@H]1C[C@H](C(=O)NCc2n[nH]c(=O)[nH]2)C[C@@H]1O)C1Cc2ccccc2C1. The van der Waals surface area contributed by atoms with E-state index in [1.165, 1.54) is 11.1 Å². The van der Waals surface area contributed by atoms with Gasteiger partial charge >= 0.3 is 5.69 Å². The van der Waals surface area contributed by atoms with Crippen LogP contribution in [0.1, 0.15) is 29.8 Å². The molecular formula is C19H23N5O4. The highest BCUT2D eigenvalue weighted by Crippen LogP contribution is 2.29. The Morgan fingerprint density at radius 1 is 1.11 bits per heavy atom. The van der Waals surface area contributed by atoms with E-state index < -0.39 is 23.8 Å². The number of rotatable bonds is 5. The molecule has 148 valence electrons. The number of carbonyl (C=O) groups excluding carboxylic acids is 2. The Balaban J connectivity index is 1.28. The lowest BCUT2D eigenvalue weighted by atomic mass is 10.0. The number of amides is 2. The van der Waals surface area contributed by atoms with E-state index in [0.29, 0.717) is 31.5 Å². The van der Waals surface area contributed by atoms with Gasteiger partial charge in [-0.15, -0.1) is 0 Å². The molecule has 1 fully saturated rings. The molecule has 28 heavy (non-hydrogen) atoms. The molecule has 9 nitrogen and oxygen atoms in total. The largest absolute Gasteiger partial charge is 0.391 e. The molecular weight excluding hydrogens is 362 g/mol. The highest BCUT2D eigenvalue weighted by Gasteiger charge is 2.39. The van der Waals surface area contributed by atoms with Crippen molar-refractivity contribution in [2.75, 3.05) is 0 Å². The van der Waals surface area contributed by atoms with Gasteiger partial charge in [-0.05, 0) is 36.8 Å². The summed E-state index contributed by atoms with van der Waals surface area (Å²) in [4.78, 5) is 38.4. The van der Waals surface area contributed by atoms with Gasteiger partial charge in [0.25, 0.3) is 0 Å². The molecule has 0 unspecified atom stereocenters. The zero-order valence-corrected chi connectivity index (χ0v) is 15.3. The van der Waals surface area contributed by atoms with E-state index in [2.05, 4.69) is 25.8 Å². The van der Waals surface area contributed by atoms with E-state index in [0.717, 1.165) is 0 Å². The number of fused-ring (bicyclic) bond motifs is 1. The first-order chi connectivity index (χ1) is 13.5. The number of hydrogen-bond donors (Lipinski definition) is 5. The molecule has 1 heterocycles. The normalized spacial score (nSPS) is 24.1. The van der Waals surface area contributed by atoms with Gasteiger partial charge in [-0.25, -0.2) is 9.89 Å². The lowest BCUT2D eigenvalue weighted by molar-refractivity contribution is -0.127. The van der Waals surface area contributed by atoms with Crippen LogP contribution >= 0.6 is 0 Å². The standard InChI is InChI=1S/C19H23N5O4/c25-15-8-13(17(26)20-9-16-22-19(28)24-23-16)7-14(15)21-18(27)12-5-10-3-1-2-4-11(10)6-12/h1-4,12-15,25H,5-9H2,(H,20,26)(H,21,27)(H2,22,23,24,28)/t13-,14-,15-/m0/s1. The third kappa shape index (κ3) is 3.84. The maximum atomic E-state index is 12.6. The molecule has 1 aromatic heterocycles. The Kier molecular flexibility index (Phi) is 4.99. The zero-order valence-electron chi connectivity index (χ0n) is 15.3. The van der Waals surface area contributed by atoms with Crippen molar-refractivity contribution in [3.05, 3.63) is 51.7 Å². The summed E-state index contributed by atoms with van der Waals surface area (Å²) in [6.45, 7) is 0.0987. The lowest BCUT2D eigenvalue weighted by Gasteiger charge is -2.19. The molecule has 0 bridgehead atoms. The highest BCUT2D eigenvalue weighted by molar-refractivity contribution is 5.82. The number of aliphatic hydroxyl groups is 1. The van der Waals surface area contributed by atoms with Gasteiger partial charge in [0, 0.05) is 11.8 Å². The molecule has 4 rings (SSSR count). The van der Waals surface area contributed by atoms with Crippen LogP contribution < -0.4 is 16.3 Å². The van der Waals surface area contributed by atoms with Crippen LogP contribution in [0.3, 0.4) is 0 Å². The molecule has 1 saturated carbocycles. The smallest absolute Gasteiger partial charge is 0.340 e. The van der Waals surface area contributed by atoms with Gasteiger partial charge in [-0.2, -0.15) is 5.10 Å². The second kappa shape index (κ2) is 7.59. The number of benzene rings is 1. The topological polar surface area (TPSA) is 140 Å². The van der Waals surface area contributed by atoms with Gasteiger partial charge in [0.1, 0.15) is 5.82 Å². The Hall–Kier alpha value is -2.94. The Labute approximate surface area is 160 Å². The summed E-state index contributed by atoms with van der Waals surface area (Å²) in [6, 6.07) is 7.60. The molecule has 0 spiro atoms. The van der Waals surface area contributed by atoms with Crippen molar-refractivity contribution in [2.45, 2.75) is 44.4 Å². The van der Waals surface area contributed by atoms with Crippen LogP contribution in [-0.4, -0.2) is 44.2 Å². The lowest BCUT2D eigenvalue weighted by Crippen LogP contribution is -2.43. The number of aromatic amines is 2. The van der Waals surface area contributed by atoms with E-state index in [1.54, 1.807) is 0 Å². The van der Waals surface area contributed by atoms with Gasteiger partial charge in [0.05, 0.1) is 18.7 Å². The second-order valence-corrected chi connectivity index (χ2v) is 7.57. The van der Waals surface area contributed by atoms with E-state index in [9.17, 15) is 19.5 Å². The highest BCUT2D eigenvalue weighted by atomic mass is 16.3. The number of H-pyrrole nitrogens is 2. The van der Waals surface area contributed by atoms with Crippen LogP contribution in [0.5, 0.6) is 0 Å². The van der Waals surface area contributed by atoms with Gasteiger partial charge in [0.2, 0.25) is 11.8 Å². The summed E-state index contributed by atoms with van der Waals surface area (Å²) in [5, 5.41) is 21.9. The molecule has 2 aromatic rings. The fourth-order valence-electron chi connectivity index (χ4n) is 4.13. The van der Waals surface area contributed by atoms with Crippen molar-refractivity contribution in [2.24, 2.45) is 11.8 Å². The molecule has 0 saturated heterocycles. The van der Waals surface area contributed by atoms with E-state index >= 15 is 0 Å². The predicted molar refractivity (Wildman–Crippen MR) is 99.1 cm³/mol. The average molecular weight is 385 g/mol. The molecule has 2 aliphatic carbocycles. The molecule has 3 atom stereocenters. The molecule has 9 heteroatoms. The third-order valence-electron chi connectivity index (χ3n) is 5.63. The first-order valence-electron chi connectivity index (χ1n) is 9.46. The second-order valence-electron chi connectivity index (χ2n) is 7.57. The zero-order chi connectivity index (χ0) is 19.7. The van der Waals surface area contributed by atoms with Crippen molar-refractivity contribution in [1.82, 2.24) is 25.8 Å². The van der Waals surface area contributed by atoms with Crippen LogP contribution in [0.25, 0.3) is 0 Å². The molecule has 2 amide bonds. The number of carbonyl (C=O) groups is 2. The number of hydrogen-bond acceptors (Lipinski definition) is 5. The summed E-state index contributed by atoms with van der Waals surface area (Å²) in [5.41, 5.74) is 1.96. The van der Waals surface area contributed by atoms with Crippen molar-refractivity contribution in [1.29, 1.82) is 0 Å². The monoisotopic (exact) mass is 385 g/mol. The van der Waals surface area contributed by atoms with Crippen LogP contribution in [-0.2, 0) is 29.0 Å². The third-order valence-corrected chi connectivity index (χ3v) is 5.63. The number of nitrogens with zero attached hydrogens (tertiary/aromatic N) is 1. The number of nitrogens with one attached hydrogen (secondary N) is 4.